The summed E-state index contributed by atoms with van der Waals surface area (Å²) in [7, 11) is 0. The number of amides is 1. The fraction of sp³-hybridized carbons (Fsp3) is 0.857. The number of nitrogens with one attached hydrogen (secondary N) is 1. The van der Waals surface area contributed by atoms with Crippen LogP contribution in [0.5, 0.6) is 0 Å². The van der Waals surface area contributed by atoms with Crippen LogP contribution in [0.25, 0.3) is 0 Å². The predicted molar refractivity (Wildman–Crippen MR) is 71.8 cm³/mol. The lowest BCUT2D eigenvalue weighted by Gasteiger charge is -2.22. The van der Waals surface area contributed by atoms with E-state index in [1.807, 2.05) is 13.8 Å². The van der Waals surface area contributed by atoms with Gasteiger partial charge in [0, 0.05) is 26.2 Å². The van der Waals surface area contributed by atoms with Crippen LogP contribution in [0.3, 0.4) is 0 Å². The number of carbonyl (C=O) groups excluding carboxylic acids is 1. The number of hydrogen-bond donors (Lipinski definition) is 2. The van der Waals surface area contributed by atoms with Crippen LogP contribution in [0.2, 0.25) is 0 Å². The molecule has 1 aliphatic rings. The van der Waals surface area contributed by atoms with E-state index < -0.39 is 11.9 Å². The molecule has 1 amide bonds. The Morgan fingerprint density at radius 2 is 1.95 bits per heavy atom. The zero-order valence-electron chi connectivity index (χ0n) is 11.9. The van der Waals surface area contributed by atoms with Crippen molar-refractivity contribution in [2.45, 2.75) is 39.5 Å². The van der Waals surface area contributed by atoms with E-state index in [0.717, 1.165) is 26.1 Å². The molecule has 0 radical (unpaired) electrons. The van der Waals surface area contributed by atoms with Gasteiger partial charge in [0.2, 0.25) is 5.91 Å². The second-order valence-corrected chi connectivity index (χ2v) is 5.73. The van der Waals surface area contributed by atoms with Gasteiger partial charge in [-0.2, -0.15) is 0 Å². The first-order chi connectivity index (χ1) is 8.99. The Labute approximate surface area is 114 Å². The Bertz CT molecular complexity index is 298. The summed E-state index contributed by atoms with van der Waals surface area (Å²) in [5, 5.41) is 11.8. The van der Waals surface area contributed by atoms with Crippen molar-refractivity contribution in [3.8, 4) is 0 Å². The lowest BCUT2D eigenvalue weighted by atomic mass is 9.95. The average Bonchev–Trinajstić information content (AvgIpc) is 2.35. The SMILES string of the molecule is CC(C)CC(CNC(=O)CC1CCOCC1)C(=O)O. The van der Waals surface area contributed by atoms with Crippen LogP contribution in [0.15, 0.2) is 0 Å². The van der Waals surface area contributed by atoms with Crippen LogP contribution in [-0.4, -0.2) is 36.7 Å². The molecule has 0 bridgehead atoms. The highest BCUT2D eigenvalue weighted by molar-refractivity contribution is 5.77. The lowest BCUT2D eigenvalue weighted by Crippen LogP contribution is -2.35. The van der Waals surface area contributed by atoms with Gasteiger partial charge in [-0.15, -0.1) is 0 Å². The third-order valence-corrected chi connectivity index (χ3v) is 3.47. The van der Waals surface area contributed by atoms with Gasteiger partial charge < -0.3 is 15.2 Å². The van der Waals surface area contributed by atoms with E-state index in [2.05, 4.69) is 5.32 Å². The largest absolute Gasteiger partial charge is 0.481 e. The Morgan fingerprint density at radius 1 is 1.32 bits per heavy atom. The van der Waals surface area contributed by atoms with Crippen LogP contribution in [0.1, 0.15) is 39.5 Å². The number of carboxylic acid groups (broad SMARTS) is 1. The van der Waals surface area contributed by atoms with Crippen LogP contribution in [-0.2, 0) is 14.3 Å². The quantitative estimate of drug-likeness (QED) is 0.738. The first-order valence-corrected chi connectivity index (χ1v) is 7.06. The van der Waals surface area contributed by atoms with Crippen molar-refractivity contribution in [2.75, 3.05) is 19.8 Å². The van der Waals surface area contributed by atoms with E-state index in [1.165, 1.54) is 0 Å². The Hall–Kier alpha value is -1.10. The molecule has 1 heterocycles. The molecule has 0 aromatic heterocycles. The molecule has 110 valence electrons. The van der Waals surface area contributed by atoms with Crippen LogP contribution in [0.4, 0.5) is 0 Å². The summed E-state index contributed by atoms with van der Waals surface area (Å²) >= 11 is 0. The number of ether oxygens (including phenoxy) is 1. The van der Waals surface area contributed by atoms with Gasteiger partial charge in [-0.1, -0.05) is 13.8 Å². The van der Waals surface area contributed by atoms with E-state index in [1.54, 1.807) is 0 Å². The summed E-state index contributed by atoms with van der Waals surface area (Å²) in [6.07, 6.45) is 2.91. The lowest BCUT2D eigenvalue weighted by molar-refractivity contribution is -0.142. The van der Waals surface area contributed by atoms with Gasteiger partial charge in [0.15, 0.2) is 0 Å². The van der Waals surface area contributed by atoms with Gasteiger partial charge >= 0.3 is 5.97 Å². The molecule has 1 aliphatic heterocycles. The molecular weight excluding hydrogens is 246 g/mol. The van der Waals surface area contributed by atoms with Crippen LogP contribution < -0.4 is 5.32 Å². The highest BCUT2D eigenvalue weighted by atomic mass is 16.5. The second-order valence-electron chi connectivity index (χ2n) is 5.73. The molecule has 2 N–H and O–H groups in total. The Morgan fingerprint density at radius 3 is 2.47 bits per heavy atom. The zero-order chi connectivity index (χ0) is 14.3. The number of rotatable bonds is 7. The maximum absolute atomic E-state index is 11.8. The molecule has 0 aromatic rings. The molecule has 0 aliphatic carbocycles. The fourth-order valence-electron chi connectivity index (χ4n) is 2.36. The van der Waals surface area contributed by atoms with E-state index in [4.69, 9.17) is 9.84 Å². The number of carboxylic acids is 1. The molecule has 1 saturated heterocycles. The van der Waals surface area contributed by atoms with Crippen molar-refractivity contribution >= 4 is 11.9 Å². The minimum Gasteiger partial charge on any atom is -0.481 e. The molecule has 5 nitrogen and oxygen atoms in total. The second kappa shape index (κ2) is 8.15. The van der Waals surface area contributed by atoms with Gasteiger partial charge in [-0.25, -0.2) is 0 Å². The highest BCUT2D eigenvalue weighted by Crippen LogP contribution is 2.18. The van der Waals surface area contributed by atoms with Crippen molar-refractivity contribution in [1.82, 2.24) is 5.32 Å². The van der Waals surface area contributed by atoms with Crippen molar-refractivity contribution < 1.29 is 19.4 Å². The number of aliphatic carboxylic acids is 1. The topological polar surface area (TPSA) is 75.6 Å². The smallest absolute Gasteiger partial charge is 0.308 e. The molecule has 0 aromatic carbocycles. The van der Waals surface area contributed by atoms with Crippen molar-refractivity contribution in [3.63, 3.8) is 0 Å². The molecule has 5 heteroatoms. The van der Waals surface area contributed by atoms with E-state index in [9.17, 15) is 9.59 Å². The molecule has 19 heavy (non-hydrogen) atoms. The molecule has 1 unspecified atom stereocenters. The monoisotopic (exact) mass is 271 g/mol. The third kappa shape index (κ3) is 6.57. The molecule has 1 rings (SSSR count). The molecule has 0 saturated carbocycles. The van der Waals surface area contributed by atoms with E-state index in [-0.39, 0.29) is 12.5 Å². The van der Waals surface area contributed by atoms with E-state index in [0.29, 0.717) is 24.7 Å². The van der Waals surface area contributed by atoms with Gasteiger partial charge in [-0.3, -0.25) is 9.59 Å². The minimum atomic E-state index is -0.833. The van der Waals surface area contributed by atoms with Crippen molar-refractivity contribution in [1.29, 1.82) is 0 Å². The van der Waals surface area contributed by atoms with Gasteiger partial charge in [0.25, 0.3) is 0 Å². The predicted octanol–water partition coefficient (Wildman–Crippen LogP) is 1.67. The molecule has 0 spiro atoms. The molecule has 1 fully saturated rings. The van der Waals surface area contributed by atoms with Gasteiger partial charge in [-0.05, 0) is 31.1 Å². The normalized spacial score (nSPS) is 18.3. The maximum Gasteiger partial charge on any atom is 0.308 e. The summed E-state index contributed by atoms with van der Waals surface area (Å²) in [6, 6.07) is 0. The fourth-order valence-corrected chi connectivity index (χ4v) is 2.36. The number of carbonyl (C=O) groups is 2. The summed E-state index contributed by atoms with van der Waals surface area (Å²) in [5.74, 6) is -0.670. The summed E-state index contributed by atoms with van der Waals surface area (Å²) in [5.41, 5.74) is 0. The summed E-state index contributed by atoms with van der Waals surface area (Å²) in [4.78, 5) is 22.8. The molecular formula is C14H25NO4. The summed E-state index contributed by atoms with van der Waals surface area (Å²) < 4.78 is 5.25. The standard InChI is InChI=1S/C14H25NO4/c1-10(2)7-12(14(17)18)9-15-13(16)8-11-3-5-19-6-4-11/h10-12H,3-9H2,1-2H3,(H,15,16)(H,17,18). The van der Waals surface area contributed by atoms with Crippen molar-refractivity contribution in [3.05, 3.63) is 0 Å². The number of hydrogen-bond acceptors (Lipinski definition) is 3. The Balaban J connectivity index is 2.28. The first kappa shape index (κ1) is 16.0. The van der Waals surface area contributed by atoms with Gasteiger partial charge in [0.05, 0.1) is 5.92 Å². The molecule has 1 atom stereocenters. The van der Waals surface area contributed by atoms with Gasteiger partial charge in [0.1, 0.15) is 0 Å². The highest BCUT2D eigenvalue weighted by Gasteiger charge is 2.21. The van der Waals surface area contributed by atoms with Crippen LogP contribution in [0, 0.1) is 17.8 Å². The van der Waals surface area contributed by atoms with Crippen LogP contribution >= 0.6 is 0 Å². The minimum absolute atomic E-state index is 0.0399. The Kier molecular flexibility index (Phi) is 6.84. The first-order valence-electron chi connectivity index (χ1n) is 7.06. The maximum atomic E-state index is 11.8. The average molecular weight is 271 g/mol. The van der Waals surface area contributed by atoms with Crippen molar-refractivity contribution in [2.24, 2.45) is 17.8 Å². The zero-order valence-corrected chi connectivity index (χ0v) is 11.9. The van der Waals surface area contributed by atoms with E-state index >= 15 is 0 Å². The third-order valence-electron chi connectivity index (χ3n) is 3.47. The summed E-state index contributed by atoms with van der Waals surface area (Å²) in [6.45, 7) is 5.65.